The molecular formula is C20H33N5O4S. The summed E-state index contributed by atoms with van der Waals surface area (Å²) in [5.74, 6) is 0.845. The molecule has 2 heterocycles. The van der Waals surface area contributed by atoms with E-state index in [2.05, 4.69) is 24.8 Å². The van der Waals surface area contributed by atoms with Gasteiger partial charge in [0.25, 0.3) is 0 Å². The van der Waals surface area contributed by atoms with Crippen LogP contribution in [0.2, 0.25) is 0 Å². The number of sulfonamides is 1. The van der Waals surface area contributed by atoms with E-state index < -0.39 is 10.0 Å². The van der Waals surface area contributed by atoms with Crippen molar-refractivity contribution in [2.75, 3.05) is 66.7 Å². The molecule has 30 heavy (non-hydrogen) atoms. The fourth-order valence-electron chi connectivity index (χ4n) is 3.87. The second kappa shape index (κ2) is 11.1. The molecule has 0 bridgehead atoms. The third kappa shape index (κ3) is 6.14. The number of morpholine rings is 1. The van der Waals surface area contributed by atoms with Gasteiger partial charge in [-0.25, -0.2) is 13.1 Å². The van der Waals surface area contributed by atoms with Crippen LogP contribution in [0.3, 0.4) is 0 Å². The van der Waals surface area contributed by atoms with E-state index in [9.17, 15) is 8.42 Å². The Kier molecular flexibility index (Phi) is 8.46. The zero-order valence-corrected chi connectivity index (χ0v) is 18.7. The van der Waals surface area contributed by atoms with E-state index in [1.54, 1.807) is 25.2 Å². The molecule has 1 atom stereocenters. The average Bonchev–Trinajstić information content (AvgIpc) is 3.25. The van der Waals surface area contributed by atoms with E-state index in [0.717, 1.165) is 57.3 Å². The largest absolute Gasteiger partial charge is 0.383 e. The lowest BCUT2D eigenvalue weighted by Crippen LogP contribution is -2.46. The molecule has 0 radical (unpaired) electrons. The lowest BCUT2D eigenvalue weighted by Gasteiger charge is -2.32. The fraction of sp³-hybridized carbons (Fsp3) is 0.650. The van der Waals surface area contributed by atoms with Gasteiger partial charge in [-0.2, -0.15) is 0 Å². The molecule has 3 rings (SSSR count). The average molecular weight is 440 g/mol. The normalized spacial score (nSPS) is 21.2. The smallest absolute Gasteiger partial charge is 0.240 e. The molecule has 10 heteroatoms. The van der Waals surface area contributed by atoms with Crippen molar-refractivity contribution in [3.63, 3.8) is 0 Å². The van der Waals surface area contributed by atoms with Crippen LogP contribution in [0.1, 0.15) is 12.0 Å². The number of benzene rings is 1. The number of rotatable bonds is 8. The van der Waals surface area contributed by atoms with Gasteiger partial charge in [0.2, 0.25) is 10.0 Å². The minimum Gasteiger partial charge on any atom is -0.383 e. The maximum atomic E-state index is 12.4. The van der Waals surface area contributed by atoms with Gasteiger partial charge >= 0.3 is 0 Å². The molecule has 2 fully saturated rings. The number of hydrogen-bond donors (Lipinski definition) is 2. The summed E-state index contributed by atoms with van der Waals surface area (Å²) in [6, 6.07) is 7.49. The number of likely N-dealkylation sites (tertiary alicyclic amines) is 1. The van der Waals surface area contributed by atoms with E-state index in [0.29, 0.717) is 19.2 Å². The topological polar surface area (TPSA) is 95.5 Å². The number of ether oxygens (including phenoxy) is 2. The van der Waals surface area contributed by atoms with Crippen molar-refractivity contribution >= 4 is 16.0 Å². The first-order chi connectivity index (χ1) is 14.5. The zero-order chi connectivity index (χ0) is 21.4. The molecule has 2 aliphatic heterocycles. The minimum atomic E-state index is -3.55. The number of nitrogens with one attached hydrogen (secondary N) is 2. The van der Waals surface area contributed by atoms with Gasteiger partial charge in [-0.05, 0) is 24.1 Å². The highest BCUT2D eigenvalue weighted by molar-refractivity contribution is 7.89. The van der Waals surface area contributed by atoms with Crippen molar-refractivity contribution < 1.29 is 17.9 Å². The van der Waals surface area contributed by atoms with Gasteiger partial charge in [0.1, 0.15) is 0 Å². The van der Waals surface area contributed by atoms with Crippen molar-refractivity contribution in [1.82, 2.24) is 19.8 Å². The SMILES string of the molecule is CN=C(NCc1cccc(S(=O)(=O)NCCOC)c1)N1CCC(N2CCOCC2)C1. The summed E-state index contributed by atoms with van der Waals surface area (Å²) in [5, 5.41) is 3.38. The maximum Gasteiger partial charge on any atom is 0.240 e. The molecule has 2 saturated heterocycles. The van der Waals surface area contributed by atoms with Crippen molar-refractivity contribution in [2.24, 2.45) is 4.99 Å². The highest BCUT2D eigenvalue weighted by Gasteiger charge is 2.30. The van der Waals surface area contributed by atoms with Crippen LogP contribution in [0.4, 0.5) is 0 Å². The molecule has 0 spiro atoms. The third-order valence-electron chi connectivity index (χ3n) is 5.49. The molecule has 0 saturated carbocycles. The monoisotopic (exact) mass is 439 g/mol. The Labute approximate surface area is 179 Å². The van der Waals surface area contributed by atoms with E-state index in [4.69, 9.17) is 9.47 Å². The number of hydrogen-bond acceptors (Lipinski definition) is 6. The quantitative estimate of drug-likeness (QED) is 0.337. The standard InChI is InChI=1S/C20H33N5O4S/c1-21-20(25-8-6-18(16-25)24-9-12-29-13-10-24)22-15-17-4-3-5-19(14-17)30(26,27)23-7-11-28-2/h3-5,14,18,23H,6-13,15-16H2,1-2H3,(H,21,22). The van der Waals surface area contributed by atoms with Crippen LogP contribution >= 0.6 is 0 Å². The molecule has 1 aromatic rings. The fourth-order valence-corrected chi connectivity index (χ4v) is 4.96. The van der Waals surface area contributed by atoms with Crippen LogP contribution in [-0.4, -0.2) is 96.9 Å². The van der Waals surface area contributed by atoms with Crippen molar-refractivity contribution in [3.05, 3.63) is 29.8 Å². The van der Waals surface area contributed by atoms with Gasteiger partial charge in [0.05, 0.1) is 24.7 Å². The van der Waals surface area contributed by atoms with Gasteiger partial charge in [-0.3, -0.25) is 9.89 Å². The zero-order valence-electron chi connectivity index (χ0n) is 17.8. The van der Waals surface area contributed by atoms with Gasteiger partial charge in [0, 0.05) is 59.5 Å². The van der Waals surface area contributed by atoms with Gasteiger partial charge < -0.3 is 19.7 Å². The van der Waals surface area contributed by atoms with Gasteiger partial charge in [-0.15, -0.1) is 0 Å². The first-order valence-corrected chi connectivity index (χ1v) is 11.9. The summed E-state index contributed by atoms with van der Waals surface area (Å²) < 4.78 is 37.7. The molecule has 2 aliphatic rings. The molecule has 2 N–H and O–H groups in total. The Hall–Kier alpha value is -1.72. The predicted octanol–water partition coefficient (Wildman–Crippen LogP) is 0.0932. The van der Waals surface area contributed by atoms with E-state index in [1.165, 1.54) is 7.11 Å². The molecule has 0 aliphatic carbocycles. The first-order valence-electron chi connectivity index (χ1n) is 10.4. The Morgan fingerprint density at radius 2 is 2.10 bits per heavy atom. The predicted molar refractivity (Wildman–Crippen MR) is 116 cm³/mol. The lowest BCUT2D eigenvalue weighted by molar-refractivity contribution is 0.0195. The van der Waals surface area contributed by atoms with Crippen LogP contribution in [0.15, 0.2) is 34.2 Å². The van der Waals surface area contributed by atoms with E-state index in [1.807, 2.05) is 6.07 Å². The second-order valence-electron chi connectivity index (χ2n) is 7.48. The van der Waals surface area contributed by atoms with Crippen LogP contribution in [0, 0.1) is 0 Å². The Balaban J connectivity index is 1.55. The number of guanidine groups is 1. The summed E-state index contributed by atoms with van der Waals surface area (Å²) in [6.45, 7) is 6.58. The minimum absolute atomic E-state index is 0.243. The van der Waals surface area contributed by atoms with Crippen molar-refractivity contribution in [1.29, 1.82) is 0 Å². The molecule has 0 aromatic heterocycles. The third-order valence-corrected chi connectivity index (χ3v) is 6.95. The molecule has 9 nitrogen and oxygen atoms in total. The van der Waals surface area contributed by atoms with Gasteiger partial charge in [0.15, 0.2) is 5.96 Å². The number of methoxy groups -OCH3 is 1. The molecule has 1 unspecified atom stereocenters. The summed E-state index contributed by atoms with van der Waals surface area (Å²) in [7, 11) is -0.227. The Morgan fingerprint density at radius 1 is 1.30 bits per heavy atom. The molecule has 0 amide bonds. The summed E-state index contributed by atoms with van der Waals surface area (Å²) in [6.07, 6.45) is 1.11. The Morgan fingerprint density at radius 3 is 2.83 bits per heavy atom. The first kappa shape index (κ1) is 23.0. The number of nitrogens with zero attached hydrogens (tertiary/aromatic N) is 3. The maximum absolute atomic E-state index is 12.4. The molecule has 1 aromatic carbocycles. The summed E-state index contributed by atoms with van der Waals surface area (Å²) >= 11 is 0. The van der Waals surface area contributed by atoms with Crippen LogP contribution < -0.4 is 10.0 Å². The van der Waals surface area contributed by atoms with Crippen LogP contribution in [-0.2, 0) is 26.0 Å². The lowest BCUT2D eigenvalue weighted by atomic mass is 10.2. The highest BCUT2D eigenvalue weighted by Crippen LogP contribution is 2.17. The Bertz CT molecular complexity index is 811. The van der Waals surface area contributed by atoms with E-state index >= 15 is 0 Å². The summed E-state index contributed by atoms with van der Waals surface area (Å²) in [5.41, 5.74) is 0.884. The van der Waals surface area contributed by atoms with E-state index in [-0.39, 0.29) is 11.4 Å². The molecule has 168 valence electrons. The van der Waals surface area contributed by atoms with Gasteiger partial charge in [-0.1, -0.05) is 12.1 Å². The number of aliphatic imine (C=N–C) groups is 1. The van der Waals surface area contributed by atoms with Crippen LogP contribution in [0.5, 0.6) is 0 Å². The highest BCUT2D eigenvalue weighted by atomic mass is 32.2. The van der Waals surface area contributed by atoms with Crippen LogP contribution in [0.25, 0.3) is 0 Å². The summed E-state index contributed by atoms with van der Waals surface area (Å²) in [4.78, 5) is 9.45. The molecular weight excluding hydrogens is 406 g/mol. The second-order valence-corrected chi connectivity index (χ2v) is 9.24. The van der Waals surface area contributed by atoms with Crippen molar-refractivity contribution in [2.45, 2.75) is 23.9 Å². The van der Waals surface area contributed by atoms with Crippen molar-refractivity contribution in [3.8, 4) is 0 Å².